The first-order valence-electron chi connectivity index (χ1n) is 14.6. The molecule has 11 heteroatoms. The number of fused-ring (bicyclic) bond motifs is 1. The van der Waals surface area contributed by atoms with E-state index in [0.29, 0.717) is 32.3 Å². The average molecular weight is 675 g/mol. The molecule has 4 aromatic carbocycles. The van der Waals surface area contributed by atoms with E-state index in [2.05, 4.69) is 48.4 Å². The van der Waals surface area contributed by atoms with Crippen LogP contribution in [0.4, 0.5) is 10.1 Å². The lowest BCUT2D eigenvalue weighted by Crippen LogP contribution is -2.40. The third-order valence-corrected chi connectivity index (χ3v) is 9.18. The van der Waals surface area contributed by atoms with Crippen molar-refractivity contribution in [2.75, 3.05) is 17.6 Å². The molecule has 5 aromatic rings. The minimum absolute atomic E-state index is 0.0135. The SMILES string of the molecule is CC(C)(C)c1ccc(-c2nnc(SCC(=O)N3CC(=O)Nc4ccc(Cl)cc4C3c3ccccc3F)n2-c2ccc(Cl)cc2)cc1. The fraction of sp³-hybridized carbons (Fsp3) is 0.200. The first-order valence-corrected chi connectivity index (χ1v) is 16.3. The third kappa shape index (κ3) is 6.54. The molecule has 0 bridgehead atoms. The fourth-order valence-electron chi connectivity index (χ4n) is 5.44. The highest BCUT2D eigenvalue weighted by molar-refractivity contribution is 7.99. The van der Waals surface area contributed by atoms with E-state index in [9.17, 15) is 9.59 Å². The van der Waals surface area contributed by atoms with Crippen LogP contribution in [0.2, 0.25) is 10.0 Å². The normalized spacial score (nSPS) is 14.9. The highest BCUT2D eigenvalue weighted by Gasteiger charge is 2.35. The predicted molar refractivity (Wildman–Crippen MR) is 181 cm³/mol. The number of nitrogens with zero attached hydrogens (tertiary/aromatic N) is 4. The molecule has 7 nitrogen and oxygen atoms in total. The molecule has 0 fully saturated rings. The second-order valence-corrected chi connectivity index (χ2v) is 13.8. The zero-order valence-electron chi connectivity index (χ0n) is 25.3. The Bertz CT molecular complexity index is 1920. The van der Waals surface area contributed by atoms with Gasteiger partial charge in [-0.25, -0.2) is 4.39 Å². The number of benzene rings is 4. The van der Waals surface area contributed by atoms with Crippen LogP contribution < -0.4 is 5.32 Å². The number of carbonyl (C=O) groups is 2. The Labute approximate surface area is 280 Å². The number of hydrogen-bond acceptors (Lipinski definition) is 5. The molecule has 1 aromatic heterocycles. The second kappa shape index (κ2) is 12.9. The average Bonchev–Trinajstić information content (AvgIpc) is 3.39. The van der Waals surface area contributed by atoms with Crippen molar-refractivity contribution in [2.24, 2.45) is 0 Å². The van der Waals surface area contributed by atoms with Crippen LogP contribution in [-0.2, 0) is 15.0 Å². The number of anilines is 1. The molecule has 6 rings (SSSR count). The van der Waals surface area contributed by atoms with Crippen molar-refractivity contribution in [3.63, 3.8) is 0 Å². The van der Waals surface area contributed by atoms with Crippen LogP contribution in [0.25, 0.3) is 17.1 Å². The van der Waals surface area contributed by atoms with Gasteiger partial charge in [-0.15, -0.1) is 10.2 Å². The number of thioether (sulfide) groups is 1. The van der Waals surface area contributed by atoms with Crippen LogP contribution in [0.1, 0.15) is 43.5 Å². The lowest BCUT2D eigenvalue weighted by atomic mass is 9.87. The van der Waals surface area contributed by atoms with Gasteiger partial charge in [0.15, 0.2) is 11.0 Å². The largest absolute Gasteiger partial charge is 0.324 e. The smallest absolute Gasteiger partial charge is 0.244 e. The van der Waals surface area contributed by atoms with Crippen LogP contribution in [0.3, 0.4) is 0 Å². The highest BCUT2D eigenvalue weighted by Crippen LogP contribution is 2.39. The Kier molecular flexibility index (Phi) is 8.92. The quantitative estimate of drug-likeness (QED) is 0.183. The molecule has 2 amide bonds. The minimum Gasteiger partial charge on any atom is -0.324 e. The summed E-state index contributed by atoms with van der Waals surface area (Å²) in [6.45, 7) is 6.19. The van der Waals surface area contributed by atoms with Crippen molar-refractivity contribution in [3.8, 4) is 17.1 Å². The molecule has 0 radical (unpaired) electrons. The molecule has 0 saturated carbocycles. The second-order valence-electron chi connectivity index (χ2n) is 12.0. The Hall–Kier alpha value is -4.18. The van der Waals surface area contributed by atoms with Gasteiger partial charge in [-0.3, -0.25) is 14.2 Å². The van der Waals surface area contributed by atoms with E-state index < -0.39 is 17.8 Å². The first-order chi connectivity index (χ1) is 22.0. The number of halogens is 3. The number of hydrogen-bond donors (Lipinski definition) is 1. The number of nitrogens with one attached hydrogen (secondary N) is 1. The van der Waals surface area contributed by atoms with Crippen molar-refractivity contribution in [3.05, 3.63) is 124 Å². The topological polar surface area (TPSA) is 80.1 Å². The summed E-state index contributed by atoms with van der Waals surface area (Å²) >= 11 is 13.7. The van der Waals surface area contributed by atoms with Gasteiger partial charge < -0.3 is 10.2 Å². The third-order valence-electron chi connectivity index (χ3n) is 7.78. The molecule has 1 aliphatic heterocycles. The Morgan fingerprint density at radius 3 is 2.33 bits per heavy atom. The lowest BCUT2D eigenvalue weighted by molar-refractivity contribution is -0.133. The van der Waals surface area contributed by atoms with E-state index >= 15 is 4.39 Å². The summed E-state index contributed by atoms with van der Waals surface area (Å²) in [5.74, 6) is -0.778. The lowest BCUT2D eigenvalue weighted by Gasteiger charge is -2.30. The molecule has 0 saturated heterocycles. The van der Waals surface area contributed by atoms with Gasteiger partial charge in [0.1, 0.15) is 12.4 Å². The number of amides is 2. The standard InChI is InChI=1S/C35H30Cl2FN5O2S/c1-35(2,3)22-10-8-21(9-11-22)33-40-41-34(43(33)25-15-12-23(36)13-16-25)46-20-31(45)42-19-30(44)39-29-17-14-24(37)18-27(29)32(42)26-6-4-5-7-28(26)38/h4-18,32H,19-20H2,1-3H3,(H,39,44). The predicted octanol–water partition coefficient (Wildman–Crippen LogP) is 8.34. The minimum atomic E-state index is -0.895. The monoisotopic (exact) mass is 673 g/mol. The van der Waals surface area contributed by atoms with Gasteiger partial charge in [0.05, 0.1) is 11.8 Å². The summed E-state index contributed by atoms with van der Waals surface area (Å²) in [5, 5.41) is 13.3. The van der Waals surface area contributed by atoms with Crippen LogP contribution in [0.15, 0.2) is 96.2 Å². The van der Waals surface area contributed by atoms with Crippen LogP contribution in [0.5, 0.6) is 0 Å². The van der Waals surface area contributed by atoms with E-state index in [0.717, 1.165) is 11.3 Å². The molecule has 1 aliphatic rings. The van der Waals surface area contributed by atoms with Gasteiger partial charge in [0.2, 0.25) is 11.8 Å². The molecular weight excluding hydrogens is 644 g/mol. The number of rotatable bonds is 6. The maximum absolute atomic E-state index is 15.3. The fourth-order valence-corrected chi connectivity index (χ4v) is 6.59. The van der Waals surface area contributed by atoms with E-state index in [1.165, 1.54) is 28.3 Å². The molecule has 234 valence electrons. The Morgan fingerprint density at radius 1 is 0.935 bits per heavy atom. The molecule has 2 heterocycles. The molecule has 1 N–H and O–H groups in total. The summed E-state index contributed by atoms with van der Waals surface area (Å²) in [6, 6.07) is 25.7. The number of aromatic nitrogens is 3. The maximum Gasteiger partial charge on any atom is 0.244 e. The van der Waals surface area contributed by atoms with E-state index in [1.54, 1.807) is 48.5 Å². The van der Waals surface area contributed by atoms with Crippen LogP contribution in [0, 0.1) is 5.82 Å². The highest BCUT2D eigenvalue weighted by atomic mass is 35.5. The zero-order chi connectivity index (χ0) is 32.6. The molecule has 1 atom stereocenters. The summed E-state index contributed by atoms with van der Waals surface area (Å²) < 4.78 is 17.2. The van der Waals surface area contributed by atoms with Gasteiger partial charge in [-0.05, 0) is 59.5 Å². The van der Waals surface area contributed by atoms with Gasteiger partial charge in [0, 0.05) is 38.1 Å². The Balaban J connectivity index is 1.36. The van der Waals surface area contributed by atoms with Gasteiger partial charge in [0.25, 0.3) is 0 Å². The summed E-state index contributed by atoms with van der Waals surface area (Å²) in [5.41, 5.74) is 4.03. The molecular formula is C35H30Cl2FN5O2S. The summed E-state index contributed by atoms with van der Waals surface area (Å²) in [4.78, 5) is 28.5. The number of carbonyl (C=O) groups excluding carboxylic acids is 2. The molecule has 1 unspecified atom stereocenters. The van der Waals surface area contributed by atoms with Crippen molar-refractivity contribution < 1.29 is 14.0 Å². The Morgan fingerprint density at radius 2 is 1.63 bits per heavy atom. The van der Waals surface area contributed by atoms with Crippen molar-refractivity contribution in [1.82, 2.24) is 19.7 Å². The maximum atomic E-state index is 15.3. The molecule has 46 heavy (non-hydrogen) atoms. The van der Waals surface area contributed by atoms with Gasteiger partial charge >= 0.3 is 0 Å². The van der Waals surface area contributed by atoms with Crippen molar-refractivity contribution in [1.29, 1.82) is 0 Å². The van der Waals surface area contributed by atoms with Gasteiger partial charge in [-0.1, -0.05) is 98.2 Å². The zero-order valence-corrected chi connectivity index (χ0v) is 27.6. The molecule has 0 spiro atoms. The molecule has 0 aliphatic carbocycles. The van der Waals surface area contributed by atoms with Crippen LogP contribution in [-0.4, -0.2) is 43.8 Å². The van der Waals surface area contributed by atoms with E-state index in [1.807, 2.05) is 28.8 Å². The first kappa shape index (κ1) is 31.8. The summed E-state index contributed by atoms with van der Waals surface area (Å²) in [7, 11) is 0. The van der Waals surface area contributed by atoms with E-state index in [-0.39, 0.29) is 29.2 Å². The van der Waals surface area contributed by atoms with Crippen molar-refractivity contribution in [2.45, 2.75) is 37.4 Å². The van der Waals surface area contributed by atoms with Crippen molar-refractivity contribution >= 4 is 52.5 Å². The van der Waals surface area contributed by atoms with Gasteiger partial charge in [-0.2, -0.15) is 0 Å². The summed E-state index contributed by atoms with van der Waals surface area (Å²) in [6.07, 6.45) is 0. The van der Waals surface area contributed by atoms with Crippen LogP contribution >= 0.6 is 35.0 Å². The van der Waals surface area contributed by atoms with E-state index in [4.69, 9.17) is 23.2 Å².